The van der Waals surface area contributed by atoms with Crippen molar-refractivity contribution < 1.29 is 0 Å². The Balaban J connectivity index is 2.13. The molecule has 0 spiro atoms. The fourth-order valence-corrected chi connectivity index (χ4v) is 2.67. The summed E-state index contributed by atoms with van der Waals surface area (Å²) in [5.74, 6) is 1.37. The molecule has 2 unspecified atom stereocenters. The Hall–Kier alpha value is -1.22. The summed E-state index contributed by atoms with van der Waals surface area (Å²) >= 11 is 0. The second-order valence-electron chi connectivity index (χ2n) is 4.66. The molecule has 0 saturated carbocycles. The van der Waals surface area contributed by atoms with Gasteiger partial charge >= 0.3 is 0 Å². The minimum absolute atomic E-state index is 0.652. The van der Waals surface area contributed by atoms with Crippen LogP contribution in [0.2, 0.25) is 0 Å². The summed E-state index contributed by atoms with van der Waals surface area (Å²) in [6, 6.07) is 0. The molecule has 2 aliphatic rings. The van der Waals surface area contributed by atoms with E-state index >= 15 is 0 Å². The maximum absolute atomic E-state index is 3.14. The molecule has 0 bridgehead atoms. The van der Waals surface area contributed by atoms with Gasteiger partial charge in [-0.3, -0.25) is 0 Å². The quantitative estimate of drug-likeness (QED) is 0.599. The predicted molar refractivity (Wildman–Crippen MR) is 69.1 cm³/mol. The van der Waals surface area contributed by atoms with Gasteiger partial charge in [0.05, 0.1) is 0 Å². The molecule has 2 rings (SSSR count). The van der Waals surface area contributed by atoms with Crippen LogP contribution >= 0.6 is 0 Å². The van der Waals surface area contributed by atoms with E-state index in [1.165, 1.54) is 25.7 Å². The van der Waals surface area contributed by atoms with Crippen molar-refractivity contribution in [3.8, 4) is 0 Å². The first-order valence-electron chi connectivity index (χ1n) is 6.43. The standard InChI is InChI=1S/C16H20/c1-2-9-16(14-10-5-3-6-11-14)15-12-7-4-8-13-15/h3,5,7,10,13,15-16H,2,6,9,11-12H2,1H3. The van der Waals surface area contributed by atoms with Gasteiger partial charge < -0.3 is 0 Å². The van der Waals surface area contributed by atoms with E-state index in [1.54, 1.807) is 5.57 Å². The van der Waals surface area contributed by atoms with Gasteiger partial charge in [0.25, 0.3) is 0 Å². The summed E-state index contributed by atoms with van der Waals surface area (Å²) in [4.78, 5) is 0. The van der Waals surface area contributed by atoms with Crippen molar-refractivity contribution in [3.05, 3.63) is 47.4 Å². The van der Waals surface area contributed by atoms with Crippen molar-refractivity contribution in [3.63, 3.8) is 0 Å². The number of allylic oxidation sites excluding steroid dienone is 6. The van der Waals surface area contributed by atoms with Gasteiger partial charge in [-0.2, -0.15) is 0 Å². The lowest BCUT2D eigenvalue weighted by molar-refractivity contribution is 0.410. The third-order valence-electron chi connectivity index (χ3n) is 3.51. The molecule has 0 aliphatic heterocycles. The lowest BCUT2D eigenvalue weighted by Gasteiger charge is -2.27. The molecule has 2 aliphatic carbocycles. The van der Waals surface area contributed by atoms with Gasteiger partial charge in [-0.05, 0) is 49.7 Å². The van der Waals surface area contributed by atoms with Crippen molar-refractivity contribution in [2.75, 3.05) is 0 Å². The number of hydrogen-bond acceptors (Lipinski definition) is 0. The van der Waals surface area contributed by atoms with E-state index in [9.17, 15) is 0 Å². The molecule has 0 nitrogen and oxygen atoms in total. The Morgan fingerprint density at radius 3 is 3.00 bits per heavy atom. The Labute approximate surface area is 98.8 Å². The SMILES string of the molecule is CCCC(C1=CC=CCC1)C1C=C=C=CC1. The first-order chi connectivity index (χ1) is 7.92. The van der Waals surface area contributed by atoms with Gasteiger partial charge in [-0.15, -0.1) is 0 Å². The van der Waals surface area contributed by atoms with E-state index in [1.807, 2.05) is 0 Å². The average Bonchev–Trinajstić information content (AvgIpc) is 2.38. The summed E-state index contributed by atoms with van der Waals surface area (Å²) in [5.41, 5.74) is 7.83. The van der Waals surface area contributed by atoms with Crippen LogP contribution in [0, 0.1) is 11.8 Å². The summed E-state index contributed by atoms with van der Waals surface area (Å²) in [6.07, 6.45) is 17.3. The summed E-state index contributed by atoms with van der Waals surface area (Å²) in [5, 5.41) is 0. The maximum atomic E-state index is 3.14. The Morgan fingerprint density at radius 1 is 1.44 bits per heavy atom. The van der Waals surface area contributed by atoms with E-state index in [0.717, 1.165) is 12.3 Å². The van der Waals surface area contributed by atoms with Gasteiger partial charge in [-0.1, -0.05) is 48.6 Å². The number of hydrogen-bond donors (Lipinski definition) is 0. The van der Waals surface area contributed by atoms with Gasteiger partial charge in [0.2, 0.25) is 0 Å². The van der Waals surface area contributed by atoms with Gasteiger partial charge in [0.15, 0.2) is 0 Å². The largest absolute Gasteiger partial charge is 0.0842 e. The van der Waals surface area contributed by atoms with Crippen molar-refractivity contribution in [2.45, 2.75) is 39.0 Å². The second kappa shape index (κ2) is 5.75. The molecule has 84 valence electrons. The smallest absolute Gasteiger partial charge is 0.00444 e. The summed E-state index contributed by atoms with van der Waals surface area (Å²) < 4.78 is 0. The van der Waals surface area contributed by atoms with Crippen LogP contribution in [0.15, 0.2) is 47.4 Å². The molecule has 0 amide bonds. The van der Waals surface area contributed by atoms with Crippen LogP contribution in [0.1, 0.15) is 39.0 Å². The lowest BCUT2D eigenvalue weighted by Crippen LogP contribution is -2.16. The topological polar surface area (TPSA) is 0 Å². The predicted octanol–water partition coefficient (Wildman–Crippen LogP) is 4.57. The zero-order valence-electron chi connectivity index (χ0n) is 10.1. The summed E-state index contributed by atoms with van der Waals surface area (Å²) in [7, 11) is 0. The highest BCUT2D eigenvalue weighted by molar-refractivity contribution is 5.22. The van der Waals surface area contributed by atoms with E-state index in [2.05, 4.69) is 48.8 Å². The van der Waals surface area contributed by atoms with E-state index in [4.69, 9.17) is 0 Å². The Morgan fingerprint density at radius 2 is 2.38 bits per heavy atom. The van der Waals surface area contributed by atoms with Crippen molar-refractivity contribution >= 4 is 0 Å². The Kier molecular flexibility index (Phi) is 4.05. The highest BCUT2D eigenvalue weighted by Gasteiger charge is 2.22. The molecule has 0 fully saturated rings. The normalized spacial score (nSPS) is 24.6. The van der Waals surface area contributed by atoms with Crippen molar-refractivity contribution in [1.82, 2.24) is 0 Å². The molecule has 16 heavy (non-hydrogen) atoms. The van der Waals surface area contributed by atoms with E-state index < -0.39 is 0 Å². The highest BCUT2D eigenvalue weighted by atomic mass is 14.3. The highest BCUT2D eigenvalue weighted by Crippen LogP contribution is 2.34. The first kappa shape index (κ1) is 11.3. The lowest BCUT2D eigenvalue weighted by atomic mass is 9.77. The van der Waals surface area contributed by atoms with Crippen molar-refractivity contribution in [1.29, 1.82) is 0 Å². The molecule has 2 atom stereocenters. The second-order valence-corrected chi connectivity index (χ2v) is 4.66. The molecule has 0 heteroatoms. The van der Waals surface area contributed by atoms with Crippen LogP contribution in [-0.4, -0.2) is 0 Å². The monoisotopic (exact) mass is 212 g/mol. The van der Waals surface area contributed by atoms with Crippen LogP contribution in [0.25, 0.3) is 0 Å². The van der Waals surface area contributed by atoms with Crippen LogP contribution in [0.3, 0.4) is 0 Å². The Bertz CT molecular complexity index is 382. The minimum atomic E-state index is 0.652. The fraction of sp³-hybridized carbons (Fsp3) is 0.500. The third-order valence-corrected chi connectivity index (χ3v) is 3.51. The maximum Gasteiger partial charge on any atom is -0.00444 e. The zero-order chi connectivity index (χ0) is 11.2. The molecule has 0 saturated heterocycles. The van der Waals surface area contributed by atoms with Crippen LogP contribution in [0.5, 0.6) is 0 Å². The summed E-state index contributed by atoms with van der Waals surface area (Å²) in [6.45, 7) is 2.28. The van der Waals surface area contributed by atoms with E-state index in [0.29, 0.717) is 5.92 Å². The molecule has 0 aromatic carbocycles. The minimum Gasteiger partial charge on any atom is -0.0842 e. The molecule has 0 aromatic heterocycles. The van der Waals surface area contributed by atoms with Gasteiger partial charge in [-0.25, -0.2) is 0 Å². The molecule has 0 heterocycles. The zero-order valence-corrected chi connectivity index (χ0v) is 10.1. The molecule has 0 aromatic rings. The number of rotatable bonds is 4. The average molecular weight is 212 g/mol. The molecule has 0 radical (unpaired) electrons. The van der Waals surface area contributed by atoms with E-state index in [-0.39, 0.29) is 0 Å². The van der Waals surface area contributed by atoms with Crippen LogP contribution in [0.4, 0.5) is 0 Å². The molecular formula is C16H20. The van der Waals surface area contributed by atoms with Gasteiger partial charge in [0, 0.05) is 0 Å². The fourth-order valence-electron chi connectivity index (χ4n) is 2.67. The third kappa shape index (κ3) is 2.67. The van der Waals surface area contributed by atoms with Gasteiger partial charge in [0.1, 0.15) is 0 Å². The van der Waals surface area contributed by atoms with Crippen molar-refractivity contribution in [2.24, 2.45) is 11.8 Å². The van der Waals surface area contributed by atoms with Crippen LogP contribution in [-0.2, 0) is 0 Å². The molecule has 0 N–H and O–H groups in total. The van der Waals surface area contributed by atoms with Crippen LogP contribution < -0.4 is 0 Å². The molecular weight excluding hydrogens is 192 g/mol. The first-order valence-corrected chi connectivity index (χ1v) is 6.43.